The molecular weight excluding hydrogens is 188 g/mol. The van der Waals surface area contributed by atoms with E-state index in [1.165, 1.54) is 32.4 Å². The van der Waals surface area contributed by atoms with Crippen molar-refractivity contribution in [2.75, 3.05) is 26.2 Å². The zero-order chi connectivity index (χ0) is 10.3. The monoisotopic (exact) mass is 210 g/mol. The fourth-order valence-corrected chi connectivity index (χ4v) is 3.23. The highest BCUT2D eigenvalue weighted by atomic mass is 16.3. The zero-order valence-electron chi connectivity index (χ0n) is 9.36. The molecule has 0 aromatic heterocycles. The SMILES string of the molecule is OC1CCC2CN(CCNC3CC3)CC12. The first kappa shape index (κ1) is 10.1. The summed E-state index contributed by atoms with van der Waals surface area (Å²) in [5, 5.41) is 13.4. The minimum absolute atomic E-state index is 0.00334. The van der Waals surface area contributed by atoms with Gasteiger partial charge in [0.15, 0.2) is 0 Å². The van der Waals surface area contributed by atoms with E-state index in [1.54, 1.807) is 0 Å². The third kappa shape index (κ3) is 2.19. The summed E-state index contributed by atoms with van der Waals surface area (Å²) in [6, 6.07) is 0.831. The molecule has 0 aromatic carbocycles. The maximum atomic E-state index is 9.80. The Morgan fingerprint density at radius 2 is 2.00 bits per heavy atom. The van der Waals surface area contributed by atoms with Gasteiger partial charge >= 0.3 is 0 Å². The second-order valence-corrected chi connectivity index (χ2v) is 5.56. The number of likely N-dealkylation sites (tertiary alicyclic amines) is 1. The number of aliphatic hydroxyl groups excluding tert-OH is 1. The van der Waals surface area contributed by atoms with Gasteiger partial charge in [-0.2, -0.15) is 0 Å². The third-order valence-electron chi connectivity index (χ3n) is 4.33. The van der Waals surface area contributed by atoms with Crippen LogP contribution in [0.15, 0.2) is 0 Å². The molecule has 3 nitrogen and oxygen atoms in total. The lowest BCUT2D eigenvalue weighted by molar-refractivity contribution is 0.124. The molecule has 2 aliphatic carbocycles. The summed E-state index contributed by atoms with van der Waals surface area (Å²) in [6.07, 6.45) is 5.05. The Kier molecular flexibility index (Phi) is 2.71. The van der Waals surface area contributed by atoms with Crippen molar-refractivity contribution in [2.24, 2.45) is 11.8 Å². The second-order valence-electron chi connectivity index (χ2n) is 5.56. The fraction of sp³-hybridized carbons (Fsp3) is 1.00. The Labute approximate surface area is 91.8 Å². The number of aliphatic hydroxyl groups is 1. The quantitative estimate of drug-likeness (QED) is 0.707. The van der Waals surface area contributed by atoms with Crippen LogP contribution in [0.25, 0.3) is 0 Å². The fourth-order valence-electron chi connectivity index (χ4n) is 3.23. The lowest BCUT2D eigenvalue weighted by Crippen LogP contribution is -2.32. The third-order valence-corrected chi connectivity index (χ3v) is 4.33. The van der Waals surface area contributed by atoms with Crippen molar-refractivity contribution in [2.45, 2.75) is 37.8 Å². The van der Waals surface area contributed by atoms with Crippen molar-refractivity contribution in [1.29, 1.82) is 0 Å². The molecule has 0 radical (unpaired) electrons. The predicted molar refractivity (Wildman–Crippen MR) is 59.7 cm³/mol. The van der Waals surface area contributed by atoms with Crippen LogP contribution >= 0.6 is 0 Å². The first-order valence-corrected chi connectivity index (χ1v) is 6.47. The molecule has 3 atom stereocenters. The lowest BCUT2D eigenvalue weighted by atomic mass is 10.00. The molecule has 3 fully saturated rings. The highest BCUT2D eigenvalue weighted by Gasteiger charge is 2.41. The molecule has 3 rings (SSSR count). The van der Waals surface area contributed by atoms with Crippen LogP contribution < -0.4 is 5.32 Å². The van der Waals surface area contributed by atoms with Gasteiger partial charge < -0.3 is 15.3 Å². The van der Waals surface area contributed by atoms with Crippen LogP contribution in [0.3, 0.4) is 0 Å². The Balaban J connectivity index is 1.41. The molecule has 1 heterocycles. The number of nitrogens with one attached hydrogen (secondary N) is 1. The van der Waals surface area contributed by atoms with Gasteiger partial charge in [-0.05, 0) is 31.6 Å². The van der Waals surface area contributed by atoms with Crippen LogP contribution in [0.1, 0.15) is 25.7 Å². The van der Waals surface area contributed by atoms with E-state index >= 15 is 0 Å². The molecule has 1 saturated heterocycles. The smallest absolute Gasteiger partial charge is 0.0583 e. The standard InChI is InChI=1S/C12H22N2O/c15-12-4-1-9-7-14(8-11(9)12)6-5-13-10-2-3-10/h9-13,15H,1-8H2. The zero-order valence-corrected chi connectivity index (χ0v) is 9.36. The lowest BCUT2D eigenvalue weighted by Gasteiger charge is -2.18. The van der Waals surface area contributed by atoms with Crippen LogP contribution in [-0.2, 0) is 0 Å². The first-order valence-electron chi connectivity index (χ1n) is 6.47. The molecule has 15 heavy (non-hydrogen) atoms. The van der Waals surface area contributed by atoms with Gasteiger partial charge in [0, 0.05) is 38.1 Å². The van der Waals surface area contributed by atoms with E-state index in [2.05, 4.69) is 10.2 Å². The number of fused-ring (bicyclic) bond motifs is 1. The Morgan fingerprint density at radius 3 is 2.73 bits per heavy atom. The van der Waals surface area contributed by atoms with Gasteiger partial charge in [0.1, 0.15) is 0 Å². The van der Waals surface area contributed by atoms with E-state index in [0.29, 0.717) is 5.92 Å². The molecule has 0 aromatic rings. The molecule has 0 amide bonds. The van der Waals surface area contributed by atoms with Crippen LogP contribution in [0.5, 0.6) is 0 Å². The van der Waals surface area contributed by atoms with Crippen LogP contribution in [0.4, 0.5) is 0 Å². The highest BCUT2D eigenvalue weighted by Crippen LogP contribution is 2.37. The molecule has 2 saturated carbocycles. The molecule has 86 valence electrons. The van der Waals surface area contributed by atoms with Crippen molar-refractivity contribution in [3.63, 3.8) is 0 Å². The molecular formula is C12H22N2O. The number of rotatable bonds is 4. The van der Waals surface area contributed by atoms with Gasteiger partial charge in [-0.1, -0.05) is 0 Å². The van der Waals surface area contributed by atoms with Gasteiger partial charge in [-0.25, -0.2) is 0 Å². The summed E-state index contributed by atoms with van der Waals surface area (Å²) in [4.78, 5) is 2.53. The average molecular weight is 210 g/mol. The normalized spacial score (nSPS) is 41.0. The van der Waals surface area contributed by atoms with Gasteiger partial charge in [0.05, 0.1) is 6.10 Å². The Morgan fingerprint density at radius 1 is 1.13 bits per heavy atom. The van der Waals surface area contributed by atoms with Gasteiger partial charge in [0.2, 0.25) is 0 Å². The maximum absolute atomic E-state index is 9.80. The van der Waals surface area contributed by atoms with E-state index < -0.39 is 0 Å². The summed E-state index contributed by atoms with van der Waals surface area (Å²) >= 11 is 0. The van der Waals surface area contributed by atoms with Gasteiger partial charge in [-0.3, -0.25) is 0 Å². The van der Waals surface area contributed by atoms with Crippen molar-refractivity contribution < 1.29 is 5.11 Å². The molecule has 1 aliphatic heterocycles. The van der Waals surface area contributed by atoms with E-state index in [4.69, 9.17) is 0 Å². The molecule has 0 spiro atoms. The molecule has 3 unspecified atom stereocenters. The van der Waals surface area contributed by atoms with Crippen molar-refractivity contribution in [1.82, 2.24) is 10.2 Å². The molecule has 3 aliphatic rings. The number of hydrogen-bond acceptors (Lipinski definition) is 3. The summed E-state index contributed by atoms with van der Waals surface area (Å²) in [5.41, 5.74) is 0. The van der Waals surface area contributed by atoms with Crippen molar-refractivity contribution in [3.8, 4) is 0 Å². The molecule has 0 bridgehead atoms. The maximum Gasteiger partial charge on any atom is 0.0583 e. The van der Waals surface area contributed by atoms with Crippen LogP contribution in [0, 0.1) is 11.8 Å². The summed E-state index contributed by atoms with van der Waals surface area (Å²) in [7, 11) is 0. The minimum atomic E-state index is -0.00334. The Bertz CT molecular complexity index is 230. The van der Waals surface area contributed by atoms with E-state index in [-0.39, 0.29) is 6.10 Å². The summed E-state index contributed by atoms with van der Waals surface area (Å²) in [6.45, 7) is 4.68. The van der Waals surface area contributed by atoms with Crippen LogP contribution in [0.2, 0.25) is 0 Å². The topological polar surface area (TPSA) is 35.5 Å². The van der Waals surface area contributed by atoms with E-state index in [9.17, 15) is 5.11 Å². The predicted octanol–water partition coefficient (Wildman–Crippen LogP) is 0.441. The second kappa shape index (κ2) is 4.04. The van der Waals surface area contributed by atoms with Gasteiger partial charge in [-0.15, -0.1) is 0 Å². The van der Waals surface area contributed by atoms with Crippen LogP contribution in [-0.4, -0.2) is 48.3 Å². The number of hydrogen-bond donors (Lipinski definition) is 2. The molecule has 2 N–H and O–H groups in total. The van der Waals surface area contributed by atoms with Crippen molar-refractivity contribution in [3.05, 3.63) is 0 Å². The Hall–Kier alpha value is -0.120. The molecule has 3 heteroatoms. The number of nitrogens with zero attached hydrogens (tertiary/aromatic N) is 1. The van der Waals surface area contributed by atoms with E-state index in [0.717, 1.165) is 31.5 Å². The highest BCUT2D eigenvalue weighted by molar-refractivity contribution is 4.93. The van der Waals surface area contributed by atoms with Gasteiger partial charge in [0.25, 0.3) is 0 Å². The van der Waals surface area contributed by atoms with E-state index in [1.807, 2.05) is 0 Å². The summed E-state index contributed by atoms with van der Waals surface area (Å²) in [5.74, 6) is 1.38. The average Bonchev–Trinajstić information content (AvgIpc) is 2.85. The largest absolute Gasteiger partial charge is 0.393 e. The van der Waals surface area contributed by atoms with Crippen molar-refractivity contribution >= 4 is 0 Å². The minimum Gasteiger partial charge on any atom is -0.393 e. The first-order chi connectivity index (χ1) is 7.33. The summed E-state index contributed by atoms with van der Waals surface area (Å²) < 4.78 is 0.